The lowest BCUT2D eigenvalue weighted by molar-refractivity contribution is 0.941. The molecule has 1 aromatic heterocycles. The first kappa shape index (κ1) is 14.9. The molecule has 0 atom stereocenters. The van der Waals surface area contributed by atoms with E-state index in [1.807, 2.05) is 7.05 Å². The second-order valence-electron chi connectivity index (χ2n) is 4.76. The zero-order valence-corrected chi connectivity index (χ0v) is 13.3. The zero-order valence-electron chi connectivity index (χ0n) is 12.5. The van der Waals surface area contributed by atoms with Gasteiger partial charge in [-0.15, -0.1) is 11.8 Å². The van der Waals surface area contributed by atoms with Gasteiger partial charge in [-0.25, -0.2) is 9.97 Å². The Hall–Kier alpha value is -1.55. The molecule has 0 spiro atoms. The Morgan fingerprint density at radius 1 is 1.20 bits per heavy atom. The summed E-state index contributed by atoms with van der Waals surface area (Å²) in [6, 6.07) is 8.52. The fourth-order valence-electron chi connectivity index (χ4n) is 2.20. The Morgan fingerprint density at radius 3 is 2.65 bits per heavy atom. The first-order valence-electron chi connectivity index (χ1n) is 6.87. The van der Waals surface area contributed by atoms with Crippen molar-refractivity contribution in [3.63, 3.8) is 0 Å². The molecule has 0 aliphatic heterocycles. The Labute approximate surface area is 125 Å². The number of nitrogens with one attached hydrogen (secondary N) is 1. The summed E-state index contributed by atoms with van der Waals surface area (Å²) in [5.41, 5.74) is 3.56. The molecule has 0 bridgehead atoms. The SMILES string of the molecule is CCc1c(C)nc(CSc2cccc(C)c2)nc1NC. The molecular formula is C16H21N3S. The summed E-state index contributed by atoms with van der Waals surface area (Å²) in [6.45, 7) is 6.30. The summed E-state index contributed by atoms with van der Waals surface area (Å²) < 4.78 is 0. The molecule has 0 saturated carbocycles. The largest absolute Gasteiger partial charge is 0.373 e. The van der Waals surface area contributed by atoms with E-state index in [0.717, 1.165) is 29.5 Å². The number of aryl methyl sites for hydroxylation is 2. The molecule has 0 fully saturated rings. The third kappa shape index (κ3) is 3.51. The van der Waals surface area contributed by atoms with Crippen molar-refractivity contribution in [2.45, 2.75) is 37.8 Å². The Balaban J connectivity index is 2.16. The van der Waals surface area contributed by atoms with E-state index in [0.29, 0.717) is 0 Å². The lowest BCUT2D eigenvalue weighted by Gasteiger charge is -2.11. The minimum Gasteiger partial charge on any atom is -0.373 e. The molecule has 0 amide bonds. The quantitative estimate of drug-likeness (QED) is 0.844. The average molecular weight is 287 g/mol. The molecule has 20 heavy (non-hydrogen) atoms. The van der Waals surface area contributed by atoms with E-state index in [4.69, 9.17) is 0 Å². The van der Waals surface area contributed by atoms with Crippen LogP contribution in [-0.2, 0) is 12.2 Å². The van der Waals surface area contributed by atoms with Crippen LogP contribution in [-0.4, -0.2) is 17.0 Å². The highest BCUT2D eigenvalue weighted by atomic mass is 32.2. The third-order valence-electron chi connectivity index (χ3n) is 3.21. The molecule has 2 rings (SSSR count). The fourth-order valence-corrected chi connectivity index (χ4v) is 3.07. The van der Waals surface area contributed by atoms with Gasteiger partial charge in [-0.2, -0.15) is 0 Å². The first-order chi connectivity index (χ1) is 9.63. The minimum atomic E-state index is 0.795. The zero-order chi connectivity index (χ0) is 14.5. The number of nitrogens with zero attached hydrogens (tertiary/aromatic N) is 2. The van der Waals surface area contributed by atoms with E-state index >= 15 is 0 Å². The van der Waals surface area contributed by atoms with Crippen LogP contribution in [0.2, 0.25) is 0 Å². The van der Waals surface area contributed by atoms with Gasteiger partial charge in [0.1, 0.15) is 11.6 Å². The number of rotatable bonds is 5. The number of hydrogen-bond donors (Lipinski definition) is 1. The number of benzene rings is 1. The van der Waals surface area contributed by atoms with Crippen molar-refractivity contribution in [3.05, 3.63) is 46.9 Å². The van der Waals surface area contributed by atoms with Crippen LogP contribution in [0.25, 0.3) is 0 Å². The molecule has 0 unspecified atom stereocenters. The molecule has 106 valence electrons. The van der Waals surface area contributed by atoms with Gasteiger partial charge in [0.25, 0.3) is 0 Å². The maximum atomic E-state index is 4.62. The van der Waals surface area contributed by atoms with Crippen molar-refractivity contribution in [3.8, 4) is 0 Å². The molecule has 0 aliphatic rings. The van der Waals surface area contributed by atoms with E-state index < -0.39 is 0 Å². The summed E-state index contributed by atoms with van der Waals surface area (Å²) in [4.78, 5) is 10.5. The van der Waals surface area contributed by atoms with Gasteiger partial charge in [-0.1, -0.05) is 24.6 Å². The summed E-state index contributed by atoms with van der Waals surface area (Å²) in [5, 5.41) is 3.17. The number of aromatic nitrogens is 2. The minimum absolute atomic E-state index is 0.795. The second-order valence-corrected chi connectivity index (χ2v) is 5.81. The van der Waals surface area contributed by atoms with Crippen LogP contribution in [0.5, 0.6) is 0 Å². The van der Waals surface area contributed by atoms with Crippen molar-refractivity contribution in [1.29, 1.82) is 0 Å². The van der Waals surface area contributed by atoms with E-state index in [-0.39, 0.29) is 0 Å². The fraction of sp³-hybridized carbons (Fsp3) is 0.375. The second kappa shape index (κ2) is 6.75. The molecule has 2 aromatic rings. The smallest absolute Gasteiger partial charge is 0.141 e. The van der Waals surface area contributed by atoms with Crippen LogP contribution in [0.3, 0.4) is 0 Å². The molecule has 0 aliphatic carbocycles. The monoisotopic (exact) mass is 287 g/mol. The van der Waals surface area contributed by atoms with Gasteiger partial charge in [0, 0.05) is 23.2 Å². The Kier molecular flexibility index (Phi) is 5.01. The highest BCUT2D eigenvalue weighted by Gasteiger charge is 2.09. The van der Waals surface area contributed by atoms with E-state index in [1.54, 1.807) is 11.8 Å². The standard InChI is InChI=1S/C16H21N3S/c1-5-14-12(3)18-15(19-16(14)17-4)10-20-13-8-6-7-11(2)9-13/h6-9H,5,10H2,1-4H3,(H,17,18,19). The summed E-state index contributed by atoms with van der Waals surface area (Å²) in [5.74, 6) is 2.64. The van der Waals surface area contributed by atoms with Crippen LogP contribution in [0.1, 0.15) is 29.6 Å². The van der Waals surface area contributed by atoms with Crippen molar-refractivity contribution < 1.29 is 0 Å². The first-order valence-corrected chi connectivity index (χ1v) is 7.86. The topological polar surface area (TPSA) is 37.8 Å². The van der Waals surface area contributed by atoms with Crippen molar-refractivity contribution in [1.82, 2.24) is 9.97 Å². The average Bonchev–Trinajstić information content (AvgIpc) is 2.44. The van der Waals surface area contributed by atoms with Gasteiger partial charge in [-0.05, 0) is 32.4 Å². The van der Waals surface area contributed by atoms with Gasteiger partial charge >= 0.3 is 0 Å². The Morgan fingerprint density at radius 2 is 2.00 bits per heavy atom. The summed E-state index contributed by atoms with van der Waals surface area (Å²) in [7, 11) is 1.92. The Bertz CT molecular complexity index is 596. The van der Waals surface area contributed by atoms with Gasteiger partial charge in [0.15, 0.2) is 0 Å². The van der Waals surface area contributed by atoms with Crippen LogP contribution in [0, 0.1) is 13.8 Å². The van der Waals surface area contributed by atoms with Crippen molar-refractivity contribution >= 4 is 17.6 Å². The molecule has 1 heterocycles. The molecule has 0 radical (unpaired) electrons. The molecule has 0 saturated heterocycles. The van der Waals surface area contributed by atoms with Gasteiger partial charge in [0.2, 0.25) is 0 Å². The number of thioether (sulfide) groups is 1. The molecule has 3 nitrogen and oxygen atoms in total. The number of hydrogen-bond acceptors (Lipinski definition) is 4. The highest BCUT2D eigenvalue weighted by molar-refractivity contribution is 7.98. The van der Waals surface area contributed by atoms with E-state index in [1.165, 1.54) is 16.0 Å². The lowest BCUT2D eigenvalue weighted by Crippen LogP contribution is -2.06. The highest BCUT2D eigenvalue weighted by Crippen LogP contribution is 2.24. The predicted octanol–water partition coefficient (Wildman–Crippen LogP) is 3.99. The maximum Gasteiger partial charge on any atom is 0.141 e. The molecule has 1 aromatic carbocycles. The van der Waals surface area contributed by atoms with Crippen LogP contribution in [0.15, 0.2) is 29.2 Å². The number of anilines is 1. The van der Waals surface area contributed by atoms with E-state index in [2.05, 4.69) is 60.3 Å². The van der Waals surface area contributed by atoms with Crippen molar-refractivity contribution in [2.75, 3.05) is 12.4 Å². The van der Waals surface area contributed by atoms with Crippen LogP contribution in [0.4, 0.5) is 5.82 Å². The van der Waals surface area contributed by atoms with E-state index in [9.17, 15) is 0 Å². The van der Waals surface area contributed by atoms with Gasteiger partial charge in [-0.3, -0.25) is 0 Å². The summed E-state index contributed by atoms with van der Waals surface area (Å²) >= 11 is 1.78. The lowest BCUT2D eigenvalue weighted by atomic mass is 10.1. The molecule has 4 heteroatoms. The van der Waals surface area contributed by atoms with Crippen LogP contribution >= 0.6 is 11.8 Å². The van der Waals surface area contributed by atoms with Gasteiger partial charge in [0.05, 0.1) is 5.75 Å². The third-order valence-corrected chi connectivity index (χ3v) is 4.20. The van der Waals surface area contributed by atoms with Crippen molar-refractivity contribution in [2.24, 2.45) is 0 Å². The molecular weight excluding hydrogens is 266 g/mol. The van der Waals surface area contributed by atoms with Gasteiger partial charge < -0.3 is 5.32 Å². The normalized spacial score (nSPS) is 10.6. The predicted molar refractivity (Wildman–Crippen MR) is 86.4 cm³/mol. The summed E-state index contributed by atoms with van der Waals surface area (Å²) in [6.07, 6.45) is 0.952. The molecule has 1 N–H and O–H groups in total. The maximum absolute atomic E-state index is 4.62. The van der Waals surface area contributed by atoms with Crippen LogP contribution < -0.4 is 5.32 Å².